The van der Waals surface area contributed by atoms with Gasteiger partial charge in [-0.3, -0.25) is 0 Å². The molecular weight excluding hydrogens is 150 g/mol. The Morgan fingerprint density at radius 2 is 2.08 bits per heavy atom. The van der Waals surface area contributed by atoms with E-state index in [1.165, 1.54) is 6.07 Å². The maximum atomic E-state index is 13.1. The summed E-state index contributed by atoms with van der Waals surface area (Å²) in [5, 5.41) is 0. The lowest BCUT2D eigenvalue weighted by molar-refractivity contribution is 0.624. The van der Waals surface area contributed by atoms with Gasteiger partial charge in [-0.05, 0) is 25.5 Å². The molecule has 0 aromatic heterocycles. The van der Waals surface area contributed by atoms with Crippen LogP contribution in [-0.4, -0.2) is 7.85 Å². The predicted molar refractivity (Wildman–Crippen MR) is 51.2 cm³/mol. The van der Waals surface area contributed by atoms with E-state index in [1.807, 2.05) is 13.8 Å². The topological polar surface area (TPSA) is 0 Å². The molecular formula is C10H10BF. The van der Waals surface area contributed by atoms with Gasteiger partial charge in [-0.15, -0.1) is 0 Å². The highest BCUT2D eigenvalue weighted by molar-refractivity contribution is 6.33. The fourth-order valence-corrected chi connectivity index (χ4v) is 1.08. The third-order valence-corrected chi connectivity index (χ3v) is 1.84. The number of benzene rings is 1. The summed E-state index contributed by atoms with van der Waals surface area (Å²) in [6, 6.07) is 2.97. The van der Waals surface area contributed by atoms with Crippen molar-refractivity contribution in [2.45, 2.75) is 13.8 Å². The molecule has 0 saturated heterocycles. The summed E-state index contributed by atoms with van der Waals surface area (Å²) >= 11 is 0. The van der Waals surface area contributed by atoms with Crippen LogP contribution in [0.3, 0.4) is 0 Å². The van der Waals surface area contributed by atoms with Crippen molar-refractivity contribution in [1.82, 2.24) is 0 Å². The molecule has 0 saturated carbocycles. The van der Waals surface area contributed by atoms with Crippen molar-refractivity contribution < 1.29 is 4.39 Å². The van der Waals surface area contributed by atoms with Gasteiger partial charge < -0.3 is 0 Å². The lowest BCUT2D eigenvalue weighted by Gasteiger charge is -2.05. The average Bonchev–Trinajstić information content (AvgIpc) is 2.06. The van der Waals surface area contributed by atoms with Gasteiger partial charge in [0.05, 0.1) is 0 Å². The van der Waals surface area contributed by atoms with Crippen LogP contribution < -0.4 is 5.46 Å². The van der Waals surface area contributed by atoms with E-state index < -0.39 is 0 Å². The lowest BCUT2D eigenvalue weighted by Crippen LogP contribution is -2.09. The van der Waals surface area contributed by atoms with E-state index in [0.717, 1.165) is 5.56 Å². The number of hydrogen-bond donors (Lipinski definition) is 0. The van der Waals surface area contributed by atoms with Gasteiger partial charge in [-0.1, -0.05) is 23.7 Å². The predicted octanol–water partition coefficient (Wildman–Crippen LogP) is 1.96. The zero-order chi connectivity index (χ0) is 9.14. The summed E-state index contributed by atoms with van der Waals surface area (Å²) in [7, 11) is 5.62. The first-order valence-corrected chi connectivity index (χ1v) is 3.84. The number of hydrogen-bond acceptors (Lipinski definition) is 0. The van der Waals surface area contributed by atoms with Gasteiger partial charge in [0.25, 0.3) is 0 Å². The largest absolute Gasteiger partial charge is 0.206 e. The molecule has 0 amide bonds. The Hall–Kier alpha value is -1.05. The first-order chi connectivity index (χ1) is 5.66. The monoisotopic (exact) mass is 160 g/mol. The van der Waals surface area contributed by atoms with E-state index in [4.69, 9.17) is 7.85 Å². The van der Waals surface area contributed by atoms with Crippen LogP contribution in [0.2, 0.25) is 0 Å². The van der Waals surface area contributed by atoms with Crippen LogP contribution in [0.25, 0.3) is 6.08 Å². The molecule has 0 bridgehead atoms. The minimum atomic E-state index is -0.222. The summed E-state index contributed by atoms with van der Waals surface area (Å²) in [5.74, 6) is -0.222. The molecule has 2 heteroatoms. The highest BCUT2D eigenvalue weighted by Gasteiger charge is 2.02. The molecule has 12 heavy (non-hydrogen) atoms. The van der Waals surface area contributed by atoms with E-state index in [9.17, 15) is 4.39 Å². The Morgan fingerprint density at radius 3 is 2.67 bits per heavy atom. The van der Waals surface area contributed by atoms with Crippen LogP contribution in [0.1, 0.15) is 18.1 Å². The number of rotatable bonds is 1. The molecule has 0 spiro atoms. The van der Waals surface area contributed by atoms with Crippen molar-refractivity contribution >= 4 is 19.4 Å². The molecule has 0 unspecified atom stereocenters. The van der Waals surface area contributed by atoms with Crippen LogP contribution in [0, 0.1) is 12.7 Å². The third kappa shape index (κ3) is 1.58. The van der Waals surface area contributed by atoms with Gasteiger partial charge in [-0.25, -0.2) is 4.39 Å². The minimum Gasteiger partial charge on any atom is -0.206 e. The van der Waals surface area contributed by atoms with Crippen LogP contribution in [0.4, 0.5) is 4.39 Å². The molecule has 2 radical (unpaired) electrons. The van der Waals surface area contributed by atoms with Crippen molar-refractivity contribution in [3.05, 3.63) is 35.2 Å². The van der Waals surface area contributed by atoms with E-state index in [1.54, 1.807) is 18.2 Å². The molecule has 0 N–H and O–H groups in total. The van der Waals surface area contributed by atoms with Crippen molar-refractivity contribution in [3.8, 4) is 0 Å². The standard InChI is InChI=1S/C10H10BF/c1-3-4-8-7(2)9(11)5-6-10(8)12/h3-6H,1-2H3/b4-3-. The highest BCUT2D eigenvalue weighted by atomic mass is 19.1. The van der Waals surface area contributed by atoms with Gasteiger partial charge in [0, 0.05) is 5.56 Å². The average molecular weight is 160 g/mol. The smallest absolute Gasteiger partial charge is 0.130 e. The second-order valence-electron chi connectivity index (χ2n) is 2.68. The quantitative estimate of drug-likeness (QED) is 0.551. The maximum Gasteiger partial charge on any atom is 0.130 e. The Morgan fingerprint density at radius 1 is 1.42 bits per heavy atom. The second kappa shape index (κ2) is 3.57. The molecule has 0 atom stereocenters. The summed E-state index contributed by atoms with van der Waals surface area (Å²) in [6.45, 7) is 3.66. The fourth-order valence-electron chi connectivity index (χ4n) is 1.08. The molecule has 0 aliphatic rings. The fraction of sp³-hybridized carbons (Fsp3) is 0.200. The van der Waals surface area contributed by atoms with Crippen molar-refractivity contribution in [2.24, 2.45) is 0 Å². The van der Waals surface area contributed by atoms with Crippen molar-refractivity contribution in [3.63, 3.8) is 0 Å². The molecule has 1 aromatic rings. The number of allylic oxidation sites excluding steroid dienone is 1. The van der Waals surface area contributed by atoms with E-state index >= 15 is 0 Å². The number of halogens is 1. The Kier molecular flexibility index (Phi) is 2.69. The minimum absolute atomic E-state index is 0.222. The van der Waals surface area contributed by atoms with Gasteiger partial charge in [0.2, 0.25) is 0 Å². The van der Waals surface area contributed by atoms with Crippen LogP contribution in [-0.2, 0) is 0 Å². The lowest BCUT2D eigenvalue weighted by atomic mass is 9.88. The molecule has 0 aliphatic heterocycles. The molecule has 1 aromatic carbocycles. The molecule has 1 rings (SSSR count). The summed E-state index contributed by atoms with van der Waals surface area (Å²) in [6.07, 6.45) is 3.52. The van der Waals surface area contributed by atoms with Gasteiger partial charge in [0.15, 0.2) is 0 Å². The first-order valence-electron chi connectivity index (χ1n) is 3.84. The zero-order valence-corrected chi connectivity index (χ0v) is 7.26. The molecule has 0 nitrogen and oxygen atoms in total. The second-order valence-corrected chi connectivity index (χ2v) is 2.68. The molecule has 0 fully saturated rings. The SMILES string of the molecule is [B]c1ccc(F)c(/C=C\C)c1C. The van der Waals surface area contributed by atoms with Crippen molar-refractivity contribution in [2.75, 3.05) is 0 Å². The Balaban J connectivity index is 3.32. The van der Waals surface area contributed by atoms with Gasteiger partial charge in [-0.2, -0.15) is 0 Å². The van der Waals surface area contributed by atoms with Crippen LogP contribution >= 0.6 is 0 Å². The van der Waals surface area contributed by atoms with E-state index in [2.05, 4.69) is 0 Å². The Bertz CT molecular complexity index is 316. The summed E-state index contributed by atoms with van der Waals surface area (Å²) in [5.41, 5.74) is 2.01. The van der Waals surface area contributed by atoms with Crippen molar-refractivity contribution in [1.29, 1.82) is 0 Å². The normalized spacial score (nSPS) is 10.9. The molecule has 0 aliphatic carbocycles. The summed E-state index contributed by atoms with van der Waals surface area (Å²) in [4.78, 5) is 0. The third-order valence-electron chi connectivity index (χ3n) is 1.84. The molecule has 0 heterocycles. The van der Waals surface area contributed by atoms with E-state index in [-0.39, 0.29) is 5.82 Å². The van der Waals surface area contributed by atoms with Crippen LogP contribution in [0.5, 0.6) is 0 Å². The Labute approximate surface area is 73.5 Å². The van der Waals surface area contributed by atoms with Gasteiger partial charge in [0.1, 0.15) is 13.7 Å². The first kappa shape index (κ1) is 9.05. The summed E-state index contributed by atoms with van der Waals surface area (Å²) < 4.78 is 13.1. The highest BCUT2D eigenvalue weighted by Crippen LogP contribution is 2.11. The van der Waals surface area contributed by atoms with Gasteiger partial charge >= 0.3 is 0 Å². The van der Waals surface area contributed by atoms with Crippen LogP contribution in [0.15, 0.2) is 18.2 Å². The maximum absolute atomic E-state index is 13.1. The van der Waals surface area contributed by atoms with E-state index in [0.29, 0.717) is 11.0 Å². The zero-order valence-electron chi connectivity index (χ0n) is 7.26. The molecule has 60 valence electrons.